The van der Waals surface area contributed by atoms with Crippen LogP contribution in [0.15, 0.2) is 262 Å². The van der Waals surface area contributed by atoms with Crippen LogP contribution in [0.1, 0.15) is 89.4 Å². The average Bonchev–Trinajstić information content (AvgIpc) is 1.59. The molecule has 7 N–H and O–H groups in total. The number of esters is 1. The van der Waals surface area contributed by atoms with Crippen LogP contribution in [0.25, 0.3) is 146 Å². The Morgan fingerprint density at radius 2 is 0.710 bits per heavy atom. The molecule has 0 radical (unpaired) electrons. The summed E-state index contributed by atoms with van der Waals surface area (Å²) in [5.74, 6) is 3.06. The van der Waals surface area contributed by atoms with E-state index >= 15 is 0 Å². The summed E-state index contributed by atoms with van der Waals surface area (Å²) < 4.78 is 25.7. The maximum Gasteiger partial charge on any atom is 0.337 e. The molecular formula is C106H87N21O11. The van der Waals surface area contributed by atoms with Crippen molar-refractivity contribution in [3.05, 3.63) is 306 Å². The van der Waals surface area contributed by atoms with Crippen LogP contribution in [0.2, 0.25) is 0 Å². The van der Waals surface area contributed by atoms with Crippen LogP contribution >= 0.6 is 0 Å². The molecule has 0 unspecified atom stereocenters. The zero-order valence-electron chi connectivity index (χ0n) is 75.7. The van der Waals surface area contributed by atoms with Crippen molar-refractivity contribution in [1.82, 2.24) is 83.6 Å². The fourth-order valence-corrected chi connectivity index (χ4v) is 18.0. The summed E-state index contributed by atoms with van der Waals surface area (Å²) in [6.07, 6.45) is 13.2. The zero-order chi connectivity index (χ0) is 95.1. The first-order chi connectivity index (χ1) is 67.2. The number of benzene rings is 10. The predicted octanol–water partition coefficient (Wildman–Crippen LogP) is 16.5. The summed E-state index contributed by atoms with van der Waals surface area (Å²) in [5, 5.41) is 21.7. The number of amides is 7. The molecule has 0 aliphatic carbocycles. The molecule has 10 aromatic carbocycles. The van der Waals surface area contributed by atoms with Gasteiger partial charge in [0.2, 0.25) is 35.4 Å². The number of aromatic nitrogens is 14. The van der Waals surface area contributed by atoms with Gasteiger partial charge in [0.1, 0.15) is 23.3 Å². The summed E-state index contributed by atoms with van der Waals surface area (Å²) in [4.78, 5) is 138. The Hall–Kier alpha value is -18.2. The van der Waals surface area contributed by atoms with Crippen LogP contribution in [0, 0.1) is 0 Å². The van der Waals surface area contributed by atoms with Gasteiger partial charge in [-0.2, -0.15) is 0 Å². The minimum Gasteiger partial charge on any atom is -0.481 e. The summed E-state index contributed by atoms with van der Waals surface area (Å²) in [6.45, 7) is 0. The molecule has 32 heteroatoms. The lowest BCUT2D eigenvalue weighted by atomic mass is 10.0. The number of fused-ring (bicyclic) bond motifs is 10. The van der Waals surface area contributed by atoms with Crippen molar-refractivity contribution in [2.75, 3.05) is 63.7 Å². The quantitative estimate of drug-likeness (QED) is 0.0469. The van der Waals surface area contributed by atoms with Crippen LogP contribution in [0.5, 0.6) is 11.8 Å². The van der Waals surface area contributed by atoms with Crippen molar-refractivity contribution in [3.63, 3.8) is 0 Å². The minimum absolute atomic E-state index is 0.0261. The van der Waals surface area contributed by atoms with E-state index in [-0.39, 0.29) is 41.4 Å². The number of pyridine rings is 4. The van der Waals surface area contributed by atoms with E-state index in [1.54, 1.807) is 90.7 Å². The first-order valence-corrected chi connectivity index (χ1v) is 44.6. The molecule has 9 aromatic heterocycles. The molecule has 0 atom stereocenters. The molecule has 19 aromatic rings. The highest BCUT2D eigenvalue weighted by Crippen LogP contribution is 2.42. The second-order valence-corrected chi connectivity index (χ2v) is 33.2. The Morgan fingerprint density at radius 3 is 1.10 bits per heavy atom. The summed E-state index contributed by atoms with van der Waals surface area (Å²) >= 11 is 0. The third kappa shape index (κ3) is 17.0. The molecule has 0 saturated heterocycles. The van der Waals surface area contributed by atoms with Crippen molar-refractivity contribution in [1.29, 1.82) is 0 Å². The van der Waals surface area contributed by atoms with Crippen LogP contribution in [-0.4, -0.2) is 157 Å². The summed E-state index contributed by atoms with van der Waals surface area (Å²) in [6, 6.07) is 73.3. The van der Waals surface area contributed by atoms with E-state index in [4.69, 9.17) is 39.1 Å². The zero-order valence-corrected chi connectivity index (χ0v) is 75.7. The molecule has 0 bridgehead atoms. The van der Waals surface area contributed by atoms with Gasteiger partial charge in [0, 0.05) is 180 Å². The number of nitrogens with zero attached hydrogens (tertiary/aromatic N) is 14. The highest BCUT2D eigenvalue weighted by atomic mass is 16.5. The van der Waals surface area contributed by atoms with Crippen LogP contribution in [-0.2, 0) is 56.6 Å². The fraction of sp³-hybridized carbons (Fsp3) is 0.142. The predicted molar refractivity (Wildman–Crippen MR) is 527 cm³/mol. The van der Waals surface area contributed by atoms with Gasteiger partial charge in [0.05, 0.1) is 106 Å². The fourth-order valence-electron chi connectivity index (χ4n) is 18.0. The van der Waals surface area contributed by atoms with E-state index in [0.29, 0.717) is 114 Å². The van der Waals surface area contributed by atoms with Crippen molar-refractivity contribution < 1.29 is 52.6 Å². The van der Waals surface area contributed by atoms with E-state index in [0.717, 1.165) is 162 Å². The number of para-hydroxylation sites is 2. The number of hydrogen-bond donors (Lipinski definition) is 7. The second-order valence-electron chi connectivity index (χ2n) is 33.2. The van der Waals surface area contributed by atoms with E-state index < -0.39 is 5.97 Å². The first kappa shape index (κ1) is 87.7. The molecule has 32 nitrogen and oxygen atoms in total. The highest BCUT2D eigenvalue weighted by molar-refractivity contribution is 6.05. The SMILES string of the molecule is CNC(=O)c1ccc2c(c1)nc(-c1cc(-c3cncn3C)nc3ccccc13)n2-c1ccc2c(c1)CCC(=O)N2.CNC(=O)c1ccc2c(c1)nc(-c1ccnc(OC)c1)n2-c1ccc2c(c1)CCC(=O)N2.CNC(=O)c1ccc2c(c1)nc(-c1ccnc3ccccc13)n2-c1ccc2c(c1)CCC(=O)N2.COC(=O)c1ccc2c(c1)nc(-c1ccnc(OC)c1)n2-c1ccc2c(c1)CCC(=O)N2. The first-order valence-electron chi connectivity index (χ1n) is 44.6. The Kier molecular flexibility index (Phi) is 23.6. The van der Waals surface area contributed by atoms with Gasteiger partial charge in [-0.15, -0.1) is 0 Å². The molecule has 0 saturated carbocycles. The van der Waals surface area contributed by atoms with Crippen LogP contribution in [0.3, 0.4) is 0 Å². The minimum atomic E-state index is -0.418. The number of carbonyl (C=O) groups is 8. The average molecular weight is 1830 g/mol. The molecule has 682 valence electrons. The number of nitrogens with one attached hydrogen (secondary N) is 7. The molecule has 4 aliphatic rings. The third-order valence-corrected chi connectivity index (χ3v) is 24.8. The van der Waals surface area contributed by atoms with Gasteiger partial charge >= 0.3 is 5.97 Å². The van der Waals surface area contributed by atoms with E-state index in [1.165, 1.54) is 7.11 Å². The Balaban J connectivity index is 0.000000114. The van der Waals surface area contributed by atoms with E-state index in [2.05, 4.69) is 101 Å². The van der Waals surface area contributed by atoms with Crippen molar-refractivity contribution in [2.24, 2.45) is 7.05 Å². The molecule has 7 amide bonds. The maximum absolute atomic E-state index is 12.5. The molecule has 0 fully saturated rings. The van der Waals surface area contributed by atoms with Gasteiger partial charge < -0.3 is 56.0 Å². The number of rotatable bonds is 15. The highest BCUT2D eigenvalue weighted by Gasteiger charge is 2.29. The number of imidazole rings is 5. The molecule has 0 spiro atoms. The van der Waals surface area contributed by atoms with Crippen molar-refractivity contribution in [2.45, 2.75) is 51.4 Å². The summed E-state index contributed by atoms with van der Waals surface area (Å²) in [5.41, 5.74) is 26.5. The Bertz CT molecular complexity index is 8030. The van der Waals surface area contributed by atoms with Crippen LogP contribution < -0.4 is 46.7 Å². The molecule has 138 heavy (non-hydrogen) atoms. The van der Waals surface area contributed by atoms with Gasteiger partial charge in [-0.3, -0.25) is 56.8 Å². The monoisotopic (exact) mass is 1830 g/mol. The maximum atomic E-state index is 12.5. The normalized spacial score (nSPS) is 12.9. The topological polar surface area (TPSA) is 389 Å². The lowest BCUT2D eigenvalue weighted by Gasteiger charge is -2.19. The Labute approximate surface area is 787 Å². The second kappa shape index (κ2) is 37.1. The van der Waals surface area contributed by atoms with Gasteiger partial charge in [0.25, 0.3) is 17.7 Å². The molecule has 23 rings (SSSR count). The summed E-state index contributed by atoms with van der Waals surface area (Å²) in [7, 11) is 11.3. The van der Waals surface area contributed by atoms with Gasteiger partial charge in [-0.25, -0.2) is 44.7 Å². The number of anilines is 4. The van der Waals surface area contributed by atoms with Crippen LogP contribution in [0.4, 0.5) is 22.7 Å². The van der Waals surface area contributed by atoms with E-state index in [1.807, 2.05) is 192 Å². The lowest BCUT2D eigenvalue weighted by molar-refractivity contribution is -0.117. The third-order valence-electron chi connectivity index (χ3n) is 24.8. The number of aryl methyl sites for hydroxylation is 5. The van der Waals surface area contributed by atoms with Gasteiger partial charge in [-0.05, 0) is 230 Å². The van der Waals surface area contributed by atoms with Crippen molar-refractivity contribution in [3.8, 4) is 91.4 Å². The smallest absolute Gasteiger partial charge is 0.337 e. The number of hydrogen-bond acceptors (Lipinski definition) is 20. The number of ether oxygens (including phenoxy) is 3. The van der Waals surface area contributed by atoms with Crippen molar-refractivity contribution >= 4 is 136 Å². The molecule has 13 heterocycles. The van der Waals surface area contributed by atoms with Gasteiger partial charge in [0.15, 0.2) is 0 Å². The lowest BCUT2D eigenvalue weighted by Crippen LogP contribution is -2.19. The molecule has 4 aliphatic heterocycles. The Morgan fingerprint density at radius 1 is 0.348 bits per heavy atom. The van der Waals surface area contributed by atoms with E-state index in [9.17, 15) is 38.4 Å². The number of carbonyl (C=O) groups excluding carboxylic acids is 8. The largest absolute Gasteiger partial charge is 0.481 e. The molecular weight excluding hydrogens is 1740 g/mol. The van der Waals surface area contributed by atoms with Gasteiger partial charge in [-0.1, -0.05) is 36.4 Å². The standard InChI is InChI=1S/C31H25N7O2.C27H21N5O2.C24H21N5O3.C24H20N4O4/c1-32-31(40)19-7-11-27-25(14-19)36-30(38(27)20-9-10-23-18(13-20)8-12-29(39)35-23)22-15-26(28-16-33-17-37(28)2)34-24-6-4-3-5-21(22)24;1-28-27(34)17-6-10-24-23(15-17)31-26(20-12-13-29-22-5-3-2-4-19(20)22)32(24)18-8-9-21-16(14-18)7-11-25(33)30-21;1-25-24(31)16-3-7-20-19(12-16)28-23(15-9-10-26-22(13-15)32-2)29(20)17-5-6-18-14(11-17)4-8-21(30)27-18;1-31-22-13-15(9-10-25-22)23-27-19-12-16(24(30)32-2)3-7-20(19)28(23)17-5-6-18-14(11-17)4-8-21(29)26-18/h3-7,9-11,13-17H,8,12H2,1-2H3,(H,32,40)(H,35,39);2-6,8-10,12-15H,7,11H2,1H3,(H,28,34)(H,30,33);3,5-7,9-13H,4,8H2,1-2H3,(H,25,31)(H,27,30);3,5-7,9-13H,4,8H2,1-2H3,(H,26,29). The number of methoxy groups -OCH3 is 3.